The van der Waals surface area contributed by atoms with Crippen LogP contribution in [0.4, 0.5) is 0 Å². The Bertz CT molecular complexity index is 300. The average molecular weight is 271 g/mol. The molecule has 1 unspecified atom stereocenters. The van der Waals surface area contributed by atoms with Crippen molar-refractivity contribution in [1.82, 2.24) is 10.3 Å². The third-order valence-electron chi connectivity index (χ3n) is 2.68. The van der Waals surface area contributed by atoms with Gasteiger partial charge in [0.25, 0.3) is 0 Å². The molecule has 1 heterocycles. The monoisotopic (exact) mass is 270 g/mol. The third-order valence-corrected chi connectivity index (χ3v) is 3.15. The van der Waals surface area contributed by atoms with E-state index in [1.165, 1.54) is 0 Å². The first kappa shape index (κ1) is 12.7. The smallest absolute Gasteiger partial charge is 0.0542 e. The lowest BCUT2D eigenvalue weighted by molar-refractivity contribution is 0.284. The maximum Gasteiger partial charge on any atom is 0.0542 e. The number of pyridine rings is 1. The van der Waals surface area contributed by atoms with E-state index in [4.69, 9.17) is 0 Å². The summed E-state index contributed by atoms with van der Waals surface area (Å²) in [7, 11) is 0. The summed E-state index contributed by atoms with van der Waals surface area (Å²) in [6.07, 6.45) is 1.83. The fourth-order valence-corrected chi connectivity index (χ4v) is 1.31. The molecule has 3 heteroatoms. The summed E-state index contributed by atoms with van der Waals surface area (Å²) in [5.74, 6) is 0. The van der Waals surface area contributed by atoms with E-state index in [-0.39, 0.29) is 5.41 Å². The fourth-order valence-electron chi connectivity index (χ4n) is 1.07. The summed E-state index contributed by atoms with van der Waals surface area (Å²) < 4.78 is 1.02. The lowest BCUT2D eigenvalue weighted by Crippen LogP contribution is -2.37. The molecule has 0 fully saturated rings. The van der Waals surface area contributed by atoms with Gasteiger partial charge < -0.3 is 5.32 Å². The summed E-state index contributed by atoms with van der Waals surface area (Å²) in [4.78, 5) is 4.32. The van der Waals surface area contributed by atoms with Gasteiger partial charge in [-0.25, -0.2) is 0 Å². The Labute approximate surface area is 101 Å². The molecule has 15 heavy (non-hydrogen) atoms. The predicted molar refractivity (Wildman–Crippen MR) is 67.7 cm³/mol. The van der Waals surface area contributed by atoms with Gasteiger partial charge in [-0.15, -0.1) is 0 Å². The van der Waals surface area contributed by atoms with Crippen LogP contribution in [0.3, 0.4) is 0 Å². The Balaban J connectivity index is 2.47. The zero-order chi connectivity index (χ0) is 11.5. The van der Waals surface area contributed by atoms with Gasteiger partial charge in [0, 0.05) is 23.3 Å². The van der Waals surface area contributed by atoms with Crippen LogP contribution in [0, 0.1) is 5.41 Å². The van der Waals surface area contributed by atoms with Gasteiger partial charge in [-0.3, -0.25) is 4.98 Å². The number of nitrogens with one attached hydrogen (secondary N) is 1. The van der Waals surface area contributed by atoms with Crippen LogP contribution < -0.4 is 5.32 Å². The molecule has 0 amide bonds. The first-order valence-corrected chi connectivity index (χ1v) is 6.02. The molecule has 84 valence electrons. The minimum absolute atomic E-state index is 0.287. The Morgan fingerprint density at radius 1 is 1.40 bits per heavy atom. The molecule has 1 aromatic rings. The molecule has 0 aromatic carbocycles. The van der Waals surface area contributed by atoms with Crippen molar-refractivity contribution < 1.29 is 0 Å². The molecule has 0 saturated heterocycles. The molecule has 1 aromatic heterocycles. The summed E-state index contributed by atoms with van der Waals surface area (Å²) in [5, 5.41) is 3.48. The minimum atomic E-state index is 0.287. The lowest BCUT2D eigenvalue weighted by atomic mass is 9.88. The minimum Gasteiger partial charge on any atom is -0.308 e. The van der Waals surface area contributed by atoms with Gasteiger partial charge in [0.15, 0.2) is 0 Å². The van der Waals surface area contributed by atoms with Crippen molar-refractivity contribution in [3.8, 4) is 0 Å². The SMILES string of the molecule is CC(NCc1ccc(Br)cn1)C(C)(C)C. The fraction of sp³-hybridized carbons (Fsp3) is 0.583. The van der Waals surface area contributed by atoms with Gasteiger partial charge in [0.1, 0.15) is 0 Å². The van der Waals surface area contributed by atoms with Crippen LogP contribution in [0.1, 0.15) is 33.4 Å². The molecule has 0 spiro atoms. The highest BCUT2D eigenvalue weighted by Gasteiger charge is 2.18. The first-order valence-electron chi connectivity index (χ1n) is 5.23. The van der Waals surface area contributed by atoms with E-state index in [0.29, 0.717) is 6.04 Å². The second kappa shape index (κ2) is 5.08. The Morgan fingerprint density at radius 3 is 2.53 bits per heavy atom. The van der Waals surface area contributed by atoms with Crippen molar-refractivity contribution in [2.75, 3.05) is 0 Å². The second-order valence-electron chi connectivity index (χ2n) is 4.94. The van der Waals surface area contributed by atoms with Crippen LogP contribution >= 0.6 is 15.9 Å². The molecule has 0 aliphatic carbocycles. The maximum absolute atomic E-state index is 4.32. The summed E-state index contributed by atoms with van der Waals surface area (Å²) in [6.45, 7) is 9.74. The quantitative estimate of drug-likeness (QED) is 0.911. The highest BCUT2D eigenvalue weighted by Crippen LogP contribution is 2.18. The molecule has 0 radical (unpaired) electrons. The number of rotatable bonds is 3. The molecule has 2 nitrogen and oxygen atoms in total. The summed E-state index contributed by atoms with van der Waals surface area (Å²) in [5.41, 5.74) is 1.37. The summed E-state index contributed by atoms with van der Waals surface area (Å²) in [6, 6.07) is 4.53. The van der Waals surface area contributed by atoms with Crippen LogP contribution in [0.25, 0.3) is 0 Å². The van der Waals surface area contributed by atoms with Crippen molar-refractivity contribution in [3.63, 3.8) is 0 Å². The Hall–Kier alpha value is -0.410. The van der Waals surface area contributed by atoms with Gasteiger partial charge in [0.2, 0.25) is 0 Å². The molecule has 0 aliphatic heterocycles. The van der Waals surface area contributed by atoms with Crippen molar-refractivity contribution in [2.45, 2.75) is 40.3 Å². The van der Waals surface area contributed by atoms with Crippen molar-refractivity contribution >= 4 is 15.9 Å². The lowest BCUT2D eigenvalue weighted by Gasteiger charge is -2.28. The van der Waals surface area contributed by atoms with Crippen LogP contribution in [0.5, 0.6) is 0 Å². The molecular weight excluding hydrogens is 252 g/mol. The zero-order valence-electron chi connectivity index (χ0n) is 9.84. The topological polar surface area (TPSA) is 24.9 Å². The Kier molecular flexibility index (Phi) is 4.29. The predicted octanol–water partition coefficient (Wildman–Crippen LogP) is 3.37. The molecule has 1 N–H and O–H groups in total. The van der Waals surface area contributed by atoms with Crippen molar-refractivity contribution in [2.24, 2.45) is 5.41 Å². The van der Waals surface area contributed by atoms with E-state index in [0.717, 1.165) is 16.7 Å². The second-order valence-corrected chi connectivity index (χ2v) is 5.85. The van der Waals surface area contributed by atoms with E-state index in [2.05, 4.69) is 53.9 Å². The van der Waals surface area contributed by atoms with Gasteiger partial charge in [-0.1, -0.05) is 20.8 Å². The summed E-state index contributed by atoms with van der Waals surface area (Å²) >= 11 is 3.37. The van der Waals surface area contributed by atoms with E-state index >= 15 is 0 Å². The van der Waals surface area contributed by atoms with Gasteiger partial charge >= 0.3 is 0 Å². The van der Waals surface area contributed by atoms with Gasteiger partial charge in [-0.2, -0.15) is 0 Å². The largest absolute Gasteiger partial charge is 0.308 e. The van der Waals surface area contributed by atoms with Crippen LogP contribution in [0.15, 0.2) is 22.8 Å². The molecule has 0 bridgehead atoms. The van der Waals surface area contributed by atoms with Crippen molar-refractivity contribution in [3.05, 3.63) is 28.5 Å². The van der Waals surface area contributed by atoms with Gasteiger partial charge in [-0.05, 0) is 40.4 Å². The number of halogens is 1. The number of nitrogens with zero attached hydrogens (tertiary/aromatic N) is 1. The van der Waals surface area contributed by atoms with Crippen LogP contribution in [-0.2, 0) is 6.54 Å². The van der Waals surface area contributed by atoms with E-state index < -0.39 is 0 Å². The third kappa shape index (κ3) is 4.31. The van der Waals surface area contributed by atoms with Crippen LogP contribution in [-0.4, -0.2) is 11.0 Å². The highest BCUT2D eigenvalue weighted by atomic mass is 79.9. The van der Waals surface area contributed by atoms with Crippen molar-refractivity contribution in [1.29, 1.82) is 0 Å². The van der Waals surface area contributed by atoms with Crippen LogP contribution in [0.2, 0.25) is 0 Å². The molecular formula is C12H19BrN2. The molecule has 0 saturated carbocycles. The number of hydrogen-bond donors (Lipinski definition) is 1. The Morgan fingerprint density at radius 2 is 2.07 bits per heavy atom. The number of hydrogen-bond acceptors (Lipinski definition) is 2. The first-order chi connectivity index (χ1) is 6.89. The van der Waals surface area contributed by atoms with Gasteiger partial charge in [0.05, 0.1) is 5.69 Å². The highest BCUT2D eigenvalue weighted by molar-refractivity contribution is 9.10. The molecule has 1 rings (SSSR count). The van der Waals surface area contributed by atoms with E-state index in [9.17, 15) is 0 Å². The number of aromatic nitrogens is 1. The van der Waals surface area contributed by atoms with E-state index in [1.807, 2.05) is 18.3 Å². The molecule has 1 atom stereocenters. The normalized spacial score (nSPS) is 13.9. The average Bonchev–Trinajstić information content (AvgIpc) is 2.15. The zero-order valence-corrected chi connectivity index (χ0v) is 11.4. The maximum atomic E-state index is 4.32. The van der Waals surface area contributed by atoms with E-state index in [1.54, 1.807) is 0 Å². The standard InChI is InChI=1S/C12H19BrN2/c1-9(12(2,3)4)14-8-11-6-5-10(13)7-15-11/h5-7,9,14H,8H2,1-4H3. The molecule has 0 aliphatic rings.